The summed E-state index contributed by atoms with van der Waals surface area (Å²) in [5.41, 5.74) is -0.0900. The Morgan fingerprint density at radius 2 is 1.40 bits per heavy atom. The average molecular weight is 400 g/mol. The van der Waals surface area contributed by atoms with Crippen LogP contribution in [0, 0.1) is 0 Å². The predicted molar refractivity (Wildman–Crippen MR) is 112 cm³/mol. The molecule has 0 unspecified atom stereocenters. The molecule has 1 aliphatic carbocycles. The van der Waals surface area contributed by atoms with Gasteiger partial charge in [0.15, 0.2) is 0 Å². The molecule has 0 saturated heterocycles. The Bertz CT molecular complexity index is 1070. The maximum atomic E-state index is 13.3. The van der Waals surface area contributed by atoms with Gasteiger partial charge in [0.1, 0.15) is 5.75 Å². The van der Waals surface area contributed by atoms with Crippen LogP contribution >= 0.6 is 0 Å². The van der Waals surface area contributed by atoms with E-state index in [9.17, 15) is 14.4 Å². The van der Waals surface area contributed by atoms with Crippen LogP contribution in [-0.4, -0.2) is 30.2 Å². The second-order valence-electron chi connectivity index (χ2n) is 6.98. The molecule has 0 aliphatic heterocycles. The van der Waals surface area contributed by atoms with Gasteiger partial charge in [-0.25, -0.2) is 0 Å². The highest BCUT2D eigenvalue weighted by Gasteiger charge is 2.54. The van der Waals surface area contributed by atoms with Crippen LogP contribution in [0.25, 0.3) is 0 Å². The van der Waals surface area contributed by atoms with E-state index in [2.05, 4.69) is 10.6 Å². The third-order valence-electron chi connectivity index (χ3n) is 5.15. The molecule has 1 aliphatic rings. The zero-order valence-electron chi connectivity index (χ0n) is 16.3. The molecule has 6 nitrogen and oxygen atoms in total. The SMILES string of the molecule is COc1ccc(C(=O)NC2(NCc3ccccc3)C(=O)c3ccccc3C2=O)cc1. The summed E-state index contributed by atoms with van der Waals surface area (Å²) in [5.74, 6) is -0.876. The first-order valence-electron chi connectivity index (χ1n) is 9.49. The lowest BCUT2D eigenvalue weighted by Gasteiger charge is -2.28. The smallest absolute Gasteiger partial charge is 0.253 e. The second kappa shape index (κ2) is 7.93. The van der Waals surface area contributed by atoms with Crippen molar-refractivity contribution in [2.75, 3.05) is 7.11 Å². The van der Waals surface area contributed by atoms with Crippen molar-refractivity contribution in [2.24, 2.45) is 0 Å². The number of ether oxygens (including phenoxy) is 1. The molecule has 30 heavy (non-hydrogen) atoms. The molecule has 1 amide bonds. The van der Waals surface area contributed by atoms with Crippen LogP contribution in [0.5, 0.6) is 5.75 Å². The van der Waals surface area contributed by atoms with Crippen LogP contribution in [0.4, 0.5) is 0 Å². The molecule has 0 saturated carbocycles. The highest BCUT2D eigenvalue weighted by Crippen LogP contribution is 2.29. The molecule has 6 heteroatoms. The number of amides is 1. The Morgan fingerprint density at radius 3 is 1.97 bits per heavy atom. The molecule has 0 atom stereocenters. The summed E-state index contributed by atoms with van der Waals surface area (Å²) in [7, 11) is 1.53. The van der Waals surface area contributed by atoms with Gasteiger partial charge in [-0.05, 0) is 29.8 Å². The molecule has 0 radical (unpaired) electrons. The summed E-state index contributed by atoms with van der Waals surface area (Å²) < 4.78 is 5.11. The second-order valence-corrected chi connectivity index (χ2v) is 6.98. The number of hydrogen-bond acceptors (Lipinski definition) is 5. The maximum absolute atomic E-state index is 13.3. The molecule has 0 bridgehead atoms. The fraction of sp³-hybridized carbons (Fsp3) is 0.125. The first-order chi connectivity index (χ1) is 14.5. The number of benzene rings is 3. The number of carbonyl (C=O) groups excluding carboxylic acids is 3. The zero-order valence-corrected chi connectivity index (χ0v) is 16.3. The highest BCUT2D eigenvalue weighted by molar-refractivity contribution is 6.33. The van der Waals surface area contributed by atoms with Gasteiger partial charge < -0.3 is 10.1 Å². The Labute approximate surface area is 173 Å². The topological polar surface area (TPSA) is 84.5 Å². The van der Waals surface area contributed by atoms with E-state index >= 15 is 0 Å². The molecule has 0 fully saturated rings. The molecule has 0 aromatic heterocycles. The average Bonchev–Trinajstić information content (AvgIpc) is 3.01. The lowest BCUT2D eigenvalue weighted by molar-refractivity contribution is 0.0652. The monoisotopic (exact) mass is 400 g/mol. The van der Waals surface area contributed by atoms with Crippen molar-refractivity contribution in [1.29, 1.82) is 0 Å². The minimum Gasteiger partial charge on any atom is -0.497 e. The summed E-state index contributed by atoms with van der Waals surface area (Å²) in [6, 6.07) is 22.4. The van der Waals surface area contributed by atoms with Gasteiger partial charge in [-0.2, -0.15) is 0 Å². The van der Waals surface area contributed by atoms with Gasteiger partial charge in [0.25, 0.3) is 5.91 Å². The molecule has 2 N–H and O–H groups in total. The van der Waals surface area contributed by atoms with Gasteiger partial charge in [0.2, 0.25) is 17.2 Å². The van der Waals surface area contributed by atoms with Crippen LogP contribution in [0.3, 0.4) is 0 Å². The Kier molecular flexibility index (Phi) is 5.16. The van der Waals surface area contributed by atoms with Crippen molar-refractivity contribution in [3.05, 3.63) is 101 Å². The van der Waals surface area contributed by atoms with Crippen LogP contribution in [-0.2, 0) is 6.54 Å². The van der Waals surface area contributed by atoms with Gasteiger partial charge in [0, 0.05) is 23.2 Å². The lowest BCUT2D eigenvalue weighted by atomic mass is 10.0. The van der Waals surface area contributed by atoms with Crippen molar-refractivity contribution < 1.29 is 19.1 Å². The minimum atomic E-state index is -1.86. The first-order valence-corrected chi connectivity index (χ1v) is 9.49. The third-order valence-corrected chi connectivity index (χ3v) is 5.15. The van der Waals surface area contributed by atoms with E-state index in [0.29, 0.717) is 11.3 Å². The zero-order chi connectivity index (χ0) is 21.1. The summed E-state index contributed by atoms with van der Waals surface area (Å²) in [6.45, 7) is 0.231. The van der Waals surface area contributed by atoms with Gasteiger partial charge >= 0.3 is 0 Å². The molecular weight excluding hydrogens is 380 g/mol. The number of carbonyl (C=O) groups is 3. The number of nitrogens with one attached hydrogen (secondary N) is 2. The molecule has 150 valence electrons. The Hall–Kier alpha value is -3.77. The van der Waals surface area contributed by atoms with Gasteiger partial charge in [-0.1, -0.05) is 54.6 Å². The van der Waals surface area contributed by atoms with E-state index in [1.165, 1.54) is 7.11 Å². The van der Waals surface area contributed by atoms with Crippen LogP contribution in [0.1, 0.15) is 36.6 Å². The standard InChI is InChI=1S/C24H20N2O4/c1-30-18-13-11-17(12-14-18)23(29)26-24(25-15-16-7-3-2-4-8-16)21(27)19-9-5-6-10-20(19)22(24)28/h2-14,25H,15H2,1H3,(H,26,29). The molecule has 4 rings (SSSR count). The summed E-state index contributed by atoms with van der Waals surface area (Å²) in [4.78, 5) is 39.6. The minimum absolute atomic E-state index is 0.231. The summed E-state index contributed by atoms with van der Waals surface area (Å²) >= 11 is 0. The first kappa shape index (κ1) is 19.5. The number of ketones is 2. The van der Waals surface area contributed by atoms with Crippen LogP contribution < -0.4 is 15.4 Å². The normalized spacial score (nSPS) is 14.3. The summed E-state index contributed by atoms with van der Waals surface area (Å²) in [5, 5.41) is 5.70. The third kappa shape index (κ3) is 3.38. The number of hydrogen-bond donors (Lipinski definition) is 2. The van der Waals surface area contributed by atoms with Gasteiger partial charge in [-0.15, -0.1) is 0 Å². The van der Waals surface area contributed by atoms with Crippen molar-refractivity contribution in [3.8, 4) is 5.75 Å². The quantitative estimate of drug-likeness (QED) is 0.491. The Balaban J connectivity index is 1.68. The molecular formula is C24H20N2O4. The predicted octanol–water partition coefficient (Wildman–Crippen LogP) is 2.99. The fourth-order valence-corrected chi connectivity index (χ4v) is 3.52. The van der Waals surface area contributed by atoms with E-state index in [1.54, 1.807) is 48.5 Å². The van der Waals surface area contributed by atoms with Crippen LogP contribution in [0.2, 0.25) is 0 Å². The number of Topliss-reactive ketones (excluding diaryl/α,β-unsaturated/α-hetero) is 2. The van der Waals surface area contributed by atoms with Crippen molar-refractivity contribution in [1.82, 2.24) is 10.6 Å². The van der Waals surface area contributed by atoms with Crippen molar-refractivity contribution in [3.63, 3.8) is 0 Å². The molecule has 0 heterocycles. The van der Waals surface area contributed by atoms with Gasteiger partial charge in [0.05, 0.1) is 7.11 Å². The van der Waals surface area contributed by atoms with E-state index < -0.39 is 23.1 Å². The summed E-state index contributed by atoms with van der Waals surface area (Å²) in [6.07, 6.45) is 0. The molecule has 0 spiro atoms. The number of rotatable bonds is 6. The molecule has 3 aromatic carbocycles. The van der Waals surface area contributed by atoms with E-state index in [4.69, 9.17) is 4.74 Å². The Morgan fingerprint density at radius 1 is 0.833 bits per heavy atom. The van der Waals surface area contributed by atoms with E-state index in [0.717, 1.165) is 5.56 Å². The van der Waals surface area contributed by atoms with Crippen molar-refractivity contribution >= 4 is 17.5 Å². The lowest BCUT2D eigenvalue weighted by Crippen LogP contribution is -2.66. The number of fused-ring (bicyclic) bond motifs is 1. The van der Waals surface area contributed by atoms with Crippen molar-refractivity contribution in [2.45, 2.75) is 12.2 Å². The maximum Gasteiger partial charge on any atom is 0.253 e. The fourth-order valence-electron chi connectivity index (χ4n) is 3.52. The van der Waals surface area contributed by atoms with Crippen LogP contribution in [0.15, 0.2) is 78.9 Å². The van der Waals surface area contributed by atoms with Gasteiger partial charge in [-0.3, -0.25) is 19.7 Å². The van der Waals surface area contributed by atoms with E-state index in [-0.39, 0.29) is 17.7 Å². The largest absolute Gasteiger partial charge is 0.497 e. The highest BCUT2D eigenvalue weighted by atomic mass is 16.5. The number of methoxy groups -OCH3 is 1. The molecule has 3 aromatic rings. The van der Waals surface area contributed by atoms with E-state index in [1.807, 2.05) is 30.3 Å².